The number of fused-ring (bicyclic) bond motifs is 5. The topological polar surface area (TPSA) is 312 Å². The number of carbonyl (C=O) groups is 6. The molecular formula is C52H64N4O18. The second kappa shape index (κ2) is 21.0. The molecule has 1 saturated heterocycles. The lowest BCUT2D eigenvalue weighted by atomic mass is 9.44. The van der Waals surface area contributed by atoms with Crippen molar-refractivity contribution < 1.29 is 82.5 Å². The second-order valence-corrected chi connectivity index (χ2v) is 21.1. The SMILES string of the molecule is CC1=C2C(O)C(=O)[C@]3(C)C(OC(=O)CCCC(=O)OCCn4c([N+](=O)[O-])cnc4C)CC4OCC4(O)C3C(OC(=O)c3ccccc3)C(O)(CC1OC(=O)C(O)C(NC(=O)OC(C)(C)C)c1ccccc1)C2(C)C. The third-order valence-corrected chi connectivity index (χ3v) is 15.1. The predicted molar refractivity (Wildman–Crippen MR) is 256 cm³/mol. The van der Waals surface area contributed by atoms with Crippen molar-refractivity contribution in [3.8, 4) is 0 Å². The summed E-state index contributed by atoms with van der Waals surface area (Å²) in [6, 6.07) is 14.3. The maximum absolute atomic E-state index is 15.5. The Hall–Kier alpha value is -6.59. The Labute approximate surface area is 426 Å². The van der Waals surface area contributed by atoms with Gasteiger partial charge in [0.05, 0.1) is 29.7 Å². The lowest BCUT2D eigenvalue weighted by molar-refractivity contribution is -0.392. The van der Waals surface area contributed by atoms with Crippen molar-refractivity contribution in [1.82, 2.24) is 14.9 Å². The standard InChI is InChI=1S/C52H64N4O18/c1-28-32(71-46(63)41(60)39(30-16-11-9-12-17-30)54-47(64)74-48(3,4)5)25-52(66)44(73-45(62)31-18-13-10-14-19-31)42-50(8,43(61)40(59)38(28)49(52,6)7)33(24-34-51(42,65)27-70-34)72-37(58)21-15-20-36(57)69-23-22-55-29(2)53-26-35(55)56(67)68/h9-14,16-19,26,32-34,39-42,44,59-60,65-66H,15,20-25,27H2,1-8H3,(H,54,64)/t32?,33?,34?,39?,40?,41?,42?,44?,50-,51?,52?/m1/s1. The van der Waals surface area contributed by atoms with Gasteiger partial charge in [-0.25, -0.2) is 23.9 Å². The number of nitro groups is 1. The summed E-state index contributed by atoms with van der Waals surface area (Å²) in [4.78, 5) is 98.3. The highest BCUT2D eigenvalue weighted by Gasteiger charge is 2.77. The number of nitrogens with zero attached hydrogens (tertiary/aromatic N) is 3. The summed E-state index contributed by atoms with van der Waals surface area (Å²) in [6.07, 6.45) is -11.9. The van der Waals surface area contributed by atoms with E-state index in [1.807, 2.05) is 0 Å². The number of aliphatic hydroxyl groups excluding tert-OH is 2. The van der Waals surface area contributed by atoms with Crippen LogP contribution in [-0.2, 0) is 54.1 Å². The number of aromatic nitrogens is 2. The van der Waals surface area contributed by atoms with Gasteiger partial charge >= 0.3 is 35.8 Å². The van der Waals surface area contributed by atoms with Crippen LogP contribution in [0.25, 0.3) is 0 Å². The number of esters is 4. The molecule has 10 unspecified atom stereocenters. The van der Waals surface area contributed by atoms with Gasteiger partial charge in [-0.05, 0) is 74.8 Å². The predicted octanol–water partition coefficient (Wildman–Crippen LogP) is 4.07. The van der Waals surface area contributed by atoms with E-state index in [1.165, 1.54) is 44.4 Å². The van der Waals surface area contributed by atoms with Crippen molar-refractivity contribution >= 4 is 41.6 Å². The highest BCUT2D eigenvalue weighted by Crippen LogP contribution is 2.64. The lowest BCUT2D eigenvalue weighted by Gasteiger charge is -2.67. The monoisotopic (exact) mass is 1030 g/mol. The van der Waals surface area contributed by atoms with E-state index >= 15 is 4.79 Å². The molecule has 3 fully saturated rings. The van der Waals surface area contributed by atoms with E-state index in [2.05, 4.69) is 10.3 Å². The van der Waals surface area contributed by atoms with Gasteiger partial charge in [0.25, 0.3) is 0 Å². The number of hydrogen-bond acceptors (Lipinski definition) is 19. The average Bonchev–Trinajstić information content (AvgIpc) is 3.71. The Morgan fingerprint density at radius 1 is 0.959 bits per heavy atom. The van der Waals surface area contributed by atoms with Crippen LogP contribution >= 0.6 is 0 Å². The summed E-state index contributed by atoms with van der Waals surface area (Å²) in [5.41, 5.74) is -9.13. The van der Waals surface area contributed by atoms with Crippen LogP contribution in [0.1, 0.15) is 108 Å². The molecule has 1 aliphatic heterocycles. The number of nitrogens with one attached hydrogen (secondary N) is 1. The van der Waals surface area contributed by atoms with Gasteiger partial charge in [0, 0.05) is 43.9 Å². The molecule has 0 radical (unpaired) electrons. The molecule has 2 heterocycles. The fraction of sp³-hybridized carbons (Fsp3) is 0.558. The number of alkyl carbamates (subject to hydrolysis) is 1. The third-order valence-electron chi connectivity index (χ3n) is 15.1. The number of ketones is 1. The summed E-state index contributed by atoms with van der Waals surface area (Å²) >= 11 is 0. The number of amides is 1. The first-order valence-corrected chi connectivity index (χ1v) is 24.4. The molecule has 22 heteroatoms. The van der Waals surface area contributed by atoms with E-state index < -0.39 is 130 Å². The van der Waals surface area contributed by atoms with Crippen molar-refractivity contribution in [2.45, 2.75) is 154 Å². The second-order valence-electron chi connectivity index (χ2n) is 21.1. The van der Waals surface area contributed by atoms with E-state index in [0.29, 0.717) is 11.4 Å². The van der Waals surface area contributed by atoms with Crippen LogP contribution in [0.5, 0.6) is 0 Å². The number of ether oxygens (including phenoxy) is 6. The van der Waals surface area contributed by atoms with Gasteiger partial charge in [-0.15, -0.1) is 0 Å². The largest absolute Gasteiger partial charge is 0.461 e. The minimum absolute atomic E-state index is 0.0196. The summed E-state index contributed by atoms with van der Waals surface area (Å²) in [5.74, 6) is -6.52. The van der Waals surface area contributed by atoms with E-state index in [9.17, 15) is 54.5 Å². The minimum atomic E-state index is -2.47. The van der Waals surface area contributed by atoms with Crippen molar-refractivity contribution in [2.24, 2.45) is 16.7 Å². The highest BCUT2D eigenvalue weighted by molar-refractivity contribution is 5.94. The number of carbonyl (C=O) groups excluding carboxylic acids is 6. The Morgan fingerprint density at radius 2 is 1.59 bits per heavy atom. The van der Waals surface area contributed by atoms with Gasteiger partial charge in [-0.1, -0.05) is 62.4 Å². The van der Waals surface area contributed by atoms with E-state index in [1.54, 1.807) is 76.2 Å². The number of Topliss-reactive ketones (excluding diaryl/α,β-unsaturated/α-hetero) is 1. The van der Waals surface area contributed by atoms with E-state index in [0.717, 1.165) is 6.20 Å². The molecule has 0 spiro atoms. The minimum Gasteiger partial charge on any atom is -0.461 e. The van der Waals surface area contributed by atoms with Gasteiger partial charge in [0.15, 0.2) is 17.7 Å². The molecule has 1 amide bonds. The Balaban J connectivity index is 1.21. The quantitative estimate of drug-likeness (QED) is 0.0444. The molecule has 4 aliphatic rings. The summed E-state index contributed by atoms with van der Waals surface area (Å²) < 4.78 is 36.2. The number of aryl methyl sites for hydroxylation is 1. The summed E-state index contributed by atoms with van der Waals surface area (Å²) in [7, 11) is 0. The molecule has 7 rings (SSSR count). The van der Waals surface area contributed by atoms with Crippen molar-refractivity contribution in [3.05, 3.63) is 105 Å². The van der Waals surface area contributed by atoms with Crippen LogP contribution in [0.15, 0.2) is 78.0 Å². The fourth-order valence-electron chi connectivity index (χ4n) is 11.1. The van der Waals surface area contributed by atoms with Crippen LogP contribution < -0.4 is 5.32 Å². The molecule has 74 heavy (non-hydrogen) atoms. The molecule has 22 nitrogen and oxygen atoms in total. The number of aliphatic hydroxyl groups is 4. The van der Waals surface area contributed by atoms with Crippen LogP contribution in [0, 0.1) is 33.8 Å². The summed E-state index contributed by atoms with van der Waals surface area (Å²) in [6.45, 7) is 11.6. The zero-order valence-corrected chi connectivity index (χ0v) is 42.5. The van der Waals surface area contributed by atoms with Crippen LogP contribution in [-0.4, -0.2) is 137 Å². The molecule has 2 aromatic carbocycles. The summed E-state index contributed by atoms with van der Waals surface area (Å²) in [5, 5.41) is 64.5. The van der Waals surface area contributed by atoms with Gasteiger partial charge in [-0.3, -0.25) is 14.4 Å². The van der Waals surface area contributed by atoms with E-state index in [4.69, 9.17) is 28.4 Å². The molecule has 3 aliphatic carbocycles. The molecule has 11 atom stereocenters. The van der Waals surface area contributed by atoms with Crippen molar-refractivity contribution in [3.63, 3.8) is 0 Å². The first kappa shape index (κ1) is 55.2. The number of imidazole rings is 1. The van der Waals surface area contributed by atoms with Crippen LogP contribution in [0.2, 0.25) is 0 Å². The first-order chi connectivity index (χ1) is 34.6. The molecule has 2 bridgehead atoms. The zero-order chi connectivity index (χ0) is 54.3. The molecular weight excluding hydrogens is 969 g/mol. The molecule has 2 saturated carbocycles. The van der Waals surface area contributed by atoms with Crippen LogP contribution in [0.4, 0.5) is 10.6 Å². The average molecular weight is 1030 g/mol. The Morgan fingerprint density at radius 3 is 2.20 bits per heavy atom. The maximum Gasteiger partial charge on any atom is 0.408 e. The lowest BCUT2D eigenvalue weighted by Crippen LogP contribution is -2.81. The number of benzene rings is 2. The van der Waals surface area contributed by atoms with E-state index in [-0.39, 0.29) is 61.4 Å². The zero-order valence-electron chi connectivity index (χ0n) is 42.5. The third kappa shape index (κ3) is 10.4. The normalized spacial score (nSPS) is 28.8. The fourth-order valence-corrected chi connectivity index (χ4v) is 11.1. The smallest absolute Gasteiger partial charge is 0.408 e. The number of rotatable bonds is 16. The Bertz CT molecular complexity index is 2680. The number of hydrogen-bond donors (Lipinski definition) is 5. The van der Waals surface area contributed by atoms with Gasteiger partial charge in [-0.2, -0.15) is 0 Å². The molecule has 5 N–H and O–H groups in total. The van der Waals surface area contributed by atoms with Gasteiger partial charge in [0.1, 0.15) is 60.6 Å². The van der Waals surface area contributed by atoms with Crippen LogP contribution in [0.3, 0.4) is 0 Å². The van der Waals surface area contributed by atoms with Crippen molar-refractivity contribution in [1.29, 1.82) is 0 Å². The molecule has 400 valence electrons. The maximum atomic E-state index is 15.5. The Kier molecular flexibility index (Phi) is 15.6. The van der Waals surface area contributed by atoms with Gasteiger partial charge < -0.3 is 64.3 Å². The van der Waals surface area contributed by atoms with Gasteiger partial charge in [0.2, 0.25) is 0 Å². The van der Waals surface area contributed by atoms with Crippen molar-refractivity contribution in [2.75, 3.05) is 13.2 Å². The molecule has 3 aromatic rings. The highest BCUT2D eigenvalue weighted by atomic mass is 16.6. The molecule has 1 aromatic heterocycles. The first-order valence-electron chi connectivity index (χ1n) is 24.4.